The van der Waals surface area contributed by atoms with Gasteiger partial charge in [-0.05, 0) is 31.0 Å². The van der Waals surface area contributed by atoms with Crippen molar-refractivity contribution in [3.05, 3.63) is 29.8 Å². The highest BCUT2D eigenvalue weighted by Crippen LogP contribution is 2.15. The zero-order chi connectivity index (χ0) is 13.9. The van der Waals surface area contributed by atoms with Crippen molar-refractivity contribution in [1.82, 2.24) is 5.32 Å². The van der Waals surface area contributed by atoms with E-state index < -0.39 is 0 Å². The van der Waals surface area contributed by atoms with Crippen LogP contribution in [0.5, 0.6) is 0 Å². The Morgan fingerprint density at radius 1 is 1.26 bits per heavy atom. The van der Waals surface area contributed by atoms with Crippen LogP contribution in [0.15, 0.2) is 24.3 Å². The molecule has 0 saturated heterocycles. The minimum atomic E-state index is 0.248. The molecule has 0 heterocycles. The monoisotopic (exact) mass is 266 g/mol. The number of aliphatic hydroxyl groups is 1. The van der Waals surface area contributed by atoms with Crippen LogP contribution in [0, 0.1) is 0 Å². The van der Waals surface area contributed by atoms with Gasteiger partial charge in [0.2, 0.25) is 0 Å². The second kappa shape index (κ2) is 9.78. The van der Waals surface area contributed by atoms with Gasteiger partial charge in [0.25, 0.3) is 0 Å². The highest BCUT2D eigenvalue weighted by atomic mass is 16.5. The molecule has 0 saturated carbocycles. The summed E-state index contributed by atoms with van der Waals surface area (Å²) in [4.78, 5) is 2.28. The molecule has 2 N–H and O–H groups in total. The normalized spacial score (nSPS) is 10.7. The van der Waals surface area contributed by atoms with Crippen LogP contribution in [0.4, 0.5) is 5.69 Å². The molecule has 108 valence electrons. The van der Waals surface area contributed by atoms with Crippen molar-refractivity contribution < 1.29 is 9.84 Å². The lowest BCUT2D eigenvalue weighted by atomic mass is 10.2. The average molecular weight is 266 g/mol. The summed E-state index contributed by atoms with van der Waals surface area (Å²) < 4.78 is 4.99. The molecular weight excluding hydrogens is 240 g/mol. The van der Waals surface area contributed by atoms with E-state index in [1.807, 2.05) is 0 Å². The van der Waals surface area contributed by atoms with Gasteiger partial charge in [0, 0.05) is 45.6 Å². The van der Waals surface area contributed by atoms with Crippen LogP contribution in [-0.4, -0.2) is 45.1 Å². The summed E-state index contributed by atoms with van der Waals surface area (Å²) in [5, 5.41) is 12.2. The fourth-order valence-corrected chi connectivity index (χ4v) is 1.96. The van der Waals surface area contributed by atoms with E-state index in [1.54, 1.807) is 7.11 Å². The van der Waals surface area contributed by atoms with Gasteiger partial charge in [-0.1, -0.05) is 12.1 Å². The van der Waals surface area contributed by atoms with Gasteiger partial charge in [0.05, 0.1) is 6.61 Å². The van der Waals surface area contributed by atoms with E-state index in [-0.39, 0.29) is 6.61 Å². The molecule has 1 rings (SSSR count). The van der Waals surface area contributed by atoms with E-state index in [0.29, 0.717) is 0 Å². The molecule has 0 unspecified atom stereocenters. The second-order valence-corrected chi connectivity index (χ2v) is 4.49. The number of hydrogen-bond acceptors (Lipinski definition) is 4. The standard InChI is InChI=1S/C15H26N2O2/c1-3-17(10-4-11-18)15-7-5-14(6-8-15)13-16-9-12-19-2/h5-8,16,18H,3-4,9-13H2,1-2H3. The highest BCUT2D eigenvalue weighted by Gasteiger charge is 2.03. The fraction of sp³-hybridized carbons (Fsp3) is 0.600. The maximum atomic E-state index is 8.90. The molecule has 0 aliphatic heterocycles. The molecule has 1 aromatic rings. The zero-order valence-electron chi connectivity index (χ0n) is 12.1. The summed E-state index contributed by atoms with van der Waals surface area (Å²) in [5.41, 5.74) is 2.50. The number of rotatable bonds is 10. The van der Waals surface area contributed by atoms with Crippen LogP contribution in [0.2, 0.25) is 0 Å². The smallest absolute Gasteiger partial charge is 0.0587 e. The predicted octanol–water partition coefficient (Wildman–Crippen LogP) is 1.63. The van der Waals surface area contributed by atoms with Crippen LogP contribution < -0.4 is 10.2 Å². The SMILES string of the molecule is CCN(CCCO)c1ccc(CNCCOC)cc1. The molecule has 0 aromatic heterocycles. The molecule has 0 amide bonds. The van der Waals surface area contributed by atoms with Gasteiger partial charge >= 0.3 is 0 Å². The van der Waals surface area contributed by atoms with Gasteiger partial charge in [0.1, 0.15) is 0 Å². The summed E-state index contributed by atoms with van der Waals surface area (Å²) in [6, 6.07) is 8.59. The third kappa shape index (κ3) is 6.05. The number of hydrogen-bond donors (Lipinski definition) is 2. The number of nitrogens with zero attached hydrogens (tertiary/aromatic N) is 1. The number of ether oxygens (including phenoxy) is 1. The quantitative estimate of drug-likeness (QED) is 0.632. The van der Waals surface area contributed by atoms with Crippen molar-refractivity contribution in [1.29, 1.82) is 0 Å². The first-order valence-electron chi connectivity index (χ1n) is 6.96. The van der Waals surface area contributed by atoms with Crippen LogP contribution in [0.1, 0.15) is 18.9 Å². The summed E-state index contributed by atoms with van der Waals surface area (Å²) in [6.45, 7) is 6.73. The molecule has 0 radical (unpaired) electrons. The number of methoxy groups -OCH3 is 1. The van der Waals surface area contributed by atoms with Crippen LogP contribution in [0.25, 0.3) is 0 Å². The van der Waals surface area contributed by atoms with Gasteiger partial charge in [-0.25, -0.2) is 0 Å². The van der Waals surface area contributed by atoms with Gasteiger partial charge in [-0.3, -0.25) is 0 Å². The summed E-state index contributed by atoms with van der Waals surface area (Å²) in [7, 11) is 1.71. The molecular formula is C15H26N2O2. The topological polar surface area (TPSA) is 44.7 Å². The van der Waals surface area contributed by atoms with Crippen molar-refractivity contribution in [3.63, 3.8) is 0 Å². The molecule has 0 aliphatic carbocycles. The maximum Gasteiger partial charge on any atom is 0.0587 e. The van der Waals surface area contributed by atoms with E-state index in [9.17, 15) is 0 Å². The van der Waals surface area contributed by atoms with Crippen molar-refractivity contribution in [3.8, 4) is 0 Å². The lowest BCUT2D eigenvalue weighted by Gasteiger charge is -2.23. The zero-order valence-corrected chi connectivity index (χ0v) is 12.1. The molecule has 0 aliphatic rings. The minimum Gasteiger partial charge on any atom is -0.396 e. The van der Waals surface area contributed by atoms with E-state index in [2.05, 4.69) is 41.4 Å². The molecule has 0 bridgehead atoms. The molecule has 0 atom stereocenters. The lowest BCUT2D eigenvalue weighted by molar-refractivity contribution is 0.199. The van der Waals surface area contributed by atoms with Crippen LogP contribution in [-0.2, 0) is 11.3 Å². The Kier molecular flexibility index (Phi) is 8.21. The van der Waals surface area contributed by atoms with Gasteiger partial charge < -0.3 is 20.1 Å². The van der Waals surface area contributed by atoms with Crippen molar-refractivity contribution in [2.75, 3.05) is 44.9 Å². The van der Waals surface area contributed by atoms with Crippen LogP contribution in [0.3, 0.4) is 0 Å². The third-order valence-electron chi connectivity index (χ3n) is 3.08. The number of benzene rings is 1. The first kappa shape index (κ1) is 16.0. The summed E-state index contributed by atoms with van der Waals surface area (Å²) in [5.74, 6) is 0. The van der Waals surface area contributed by atoms with Crippen LogP contribution >= 0.6 is 0 Å². The molecule has 4 nitrogen and oxygen atoms in total. The number of nitrogens with one attached hydrogen (secondary N) is 1. The van der Waals surface area contributed by atoms with E-state index in [4.69, 9.17) is 9.84 Å². The number of aliphatic hydroxyl groups excluding tert-OH is 1. The van der Waals surface area contributed by atoms with Gasteiger partial charge in [-0.2, -0.15) is 0 Å². The largest absolute Gasteiger partial charge is 0.396 e. The Bertz CT molecular complexity index is 327. The summed E-state index contributed by atoms with van der Waals surface area (Å²) >= 11 is 0. The molecule has 1 aromatic carbocycles. The van der Waals surface area contributed by atoms with Gasteiger partial charge in [0.15, 0.2) is 0 Å². The van der Waals surface area contributed by atoms with Crippen molar-refractivity contribution in [2.24, 2.45) is 0 Å². The predicted molar refractivity (Wildman–Crippen MR) is 79.6 cm³/mol. The Morgan fingerprint density at radius 3 is 2.58 bits per heavy atom. The first-order chi connectivity index (χ1) is 9.31. The minimum absolute atomic E-state index is 0.248. The van der Waals surface area contributed by atoms with Gasteiger partial charge in [-0.15, -0.1) is 0 Å². The maximum absolute atomic E-state index is 8.90. The third-order valence-corrected chi connectivity index (χ3v) is 3.08. The Balaban J connectivity index is 2.45. The first-order valence-corrected chi connectivity index (χ1v) is 6.96. The number of anilines is 1. The average Bonchev–Trinajstić information content (AvgIpc) is 2.46. The molecule has 0 spiro atoms. The molecule has 0 fully saturated rings. The van der Waals surface area contributed by atoms with Crippen molar-refractivity contribution >= 4 is 5.69 Å². The Labute approximate surface area is 116 Å². The lowest BCUT2D eigenvalue weighted by Crippen LogP contribution is -2.24. The second-order valence-electron chi connectivity index (χ2n) is 4.49. The Morgan fingerprint density at radius 2 is 2.00 bits per heavy atom. The Hall–Kier alpha value is -1.10. The van der Waals surface area contributed by atoms with Crippen molar-refractivity contribution in [2.45, 2.75) is 19.9 Å². The molecule has 19 heavy (non-hydrogen) atoms. The van der Waals surface area contributed by atoms with E-state index in [1.165, 1.54) is 11.3 Å². The fourth-order valence-electron chi connectivity index (χ4n) is 1.96. The van der Waals surface area contributed by atoms with E-state index in [0.717, 1.165) is 39.2 Å². The summed E-state index contributed by atoms with van der Waals surface area (Å²) in [6.07, 6.45) is 0.814. The van der Waals surface area contributed by atoms with E-state index >= 15 is 0 Å². The molecule has 4 heteroatoms. The highest BCUT2D eigenvalue weighted by molar-refractivity contribution is 5.47.